The van der Waals surface area contributed by atoms with Crippen molar-refractivity contribution in [1.29, 1.82) is 0 Å². The second kappa shape index (κ2) is 7.04. The number of nitrogens with zero attached hydrogens (tertiary/aromatic N) is 1. The number of halogens is 2. The third-order valence-corrected chi connectivity index (χ3v) is 2.69. The molecule has 1 aromatic carbocycles. The number of benzene rings is 1. The summed E-state index contributed by atoms with van der Waals surface area (Å²) < 4.78 is 1.13. The van der Waals surface area contributed by atoms with E-state index in [2.05, 4.69) is 52.2 Å². The predicted molar refractivity (Wildman–Crippen MR) is 70.3 cm³/mol. The predicted octanol–water partition coefficient (Wildman–Crippen LogP) is 3.68. The highest BCUT2D eigenvalue weighted by molar-refractivity contribution is 9.10. The van der Waals surface area contributed by atoms with Crippen LogP contribution in [0.5, 0.6) is 0 Å². The molecule has 0 spiro atoms. The summed E-state index contributed by atoms with van der Waals surface area (Å²) in [6, 6.07) is 8.37. The lowest BCUT2D eigenvalue weighted by molar-refractivity contribution is 0.363. The van der Waals surface area contributed by atoms with Crippen molar-refractivity contribution in [2.45, 2.75) is 6.54 Å². The summed E-state index contributed by atoms with van der Waals surface area (Å²) in [5.74, 6) is 0.588. The largest absolute Gasteiger partial charge is 0.298 e. The molecule has 0 fully saturated rings. The van der Waals surface area contributed by atoms with Gasteiger partial charge < -0.3 is 0 Å². The van der Waals surface area contributed by atoms with E-state index >= 15 is 0 Å². The molecule has 0 saturated carbocycles. The lowest BCUT2D eigenvalue weighted by Gasteiger charge is -2.14. The van der Waals surface area contributed by atoms with Crippen LogP contribution < -0.4 is 0 Å². The fourth-order valence-electron chi connectivity index (χ4n) is 1.33. The first kappa shape index (κ1) is 12.8. The van der Waals surface area contributed by atoms with Crippen LogP contribution in [-0.4, -0.2) is 24.4 Å². The molecule has 0 amide bonds. The lowest BCUT2D eigenvalue weighted by atomic mass is 10.2. The van der Waals surface area contributed by atoms with Crippen molar-refractivity contribution in [3.05, 3.63) is 46.5 Å². The standard InChI is InChI=1S/C12H15BrClN/c1-15(8-3-2-7-14)10-11-5-4-6-12(13)9-11/h2-6,9H,7-8,10H2,1H3. The van der Waals surface area contributed by atoms with Gasteiger partial charge in [0.1, 0.15) is 0 Å². The van der Waals surface area contributed by atoms with E-state index in [1.165, 1.54) is 5.56 Å². The normalized spacial score (nSPS) is 11.5. The Bertz CT molecular complexity index is 325. The second-order valence-corrected chi connectivity index (χ2v) is 4.68. The molecule has 0 aliphatic heterocycles. The average Bonchev–Trinajstić information content (AvgIpc) is 2.18. The molecule has 0 aliphatic rings. The van der Waals surface area contributed by atoms with Crippen LogP contribution in [-0.2, 0) is 6.54 Å². The van der Waals surface area contributed by atoms with Gasteiger partial charge in [-0.1, -0.05) is 40.2 Å². The van der Waals surface area contributed by atoms with E-state index in [1.807, 2.05) is 12.1 Å². The molecule has 82 valence electrons. The van der Waals surface area contributed by atoms with Gasteiger partial charge in [-0.15, -0.1) is 11.6 Å². The van der Waals surface area contributed by atoms with Gasteiger partial charge in [-0.2, -0.15) is 0 Å². The molecule has 0 bridgehead atoms. The maximum absolute atomic E-state index is 5.55. The zero-order chi connectivity index (χ0) is 11.1. The number of rotatable bonds is 5. The lowest BCUT2D eigenvalue weighted by Crippen LogP contribution is -2.17. The number of likely N-dealkylation sites (N-methyl/N-ethyl adjacent to an activating group) is 1. The minimum atomic E-state index is 0.588. The maximum Gasteiger partial charge on any atom is 0.0404 e. The van der Waals surface area contributed by atoms with E-state index in [1.54, 1.807) is 0 Å². The van der Waals surface area contributed by atoms with E-state index in [9.17, 15) is 0 Å². The van der Waals surface area contributed by atoms with Crippen molar-refractivity contribution in [2.24, 2.45) is 0 Å². The first-order valence-electron chi connectivity index (χ1n) is 4.86. The van der Waals surface area contributed by atoms with Gasteiger partial charge in [0.05, 0.1) is 0 Å². The minimum Gasteiger partial charge on any atom is -0.298 e. The van der Waals surface area contributed by atoms with E-state index < -0.39 is 0 Å². The first-order chi connectivity index (χ1) is 7.22. The molecule has 0 unspecified atom stereocenters. The quantitative estimate of drug-likeness (QED) is 0.590. The third-order valence-electron chi connectivity index (χ3n) is 2.01. The molecule has 0 radical (unpaired) electrons. The van der Waals surface area contributed by atoms with Gasteiger partial charge in [-0.3, -0.25) is 4.90 Å². The fourth-order valence-corrected chi connectivity index (χ4v) is 1.90. The number of hydrogen-bond donors (Lipinski definition) is 0. The van der Waals surface area contributed by atoms with Crippen LogP contribution in [0, 0.1) is 0 Å². The van der Waals surface area contributed by atoms with Crippen molar-refractivity contribution in [3.63, 3.8) is 0 Å². The molecule has 1 aromatic rings. The molecule has 1 nitrogen and oxygen atoms in total. The molecule has 0 N–H and O–H groups in total. The summed E-state index contributed by atoms with van der Waals surface area (Å²) in [6.07, 6.45) is 4.06. The summed E-state index contributed by atoms with van der Waals surface area (Å²) in [6.45, 7) is 1.88. The molecule has 0 aliphatic carbocycles. The fraction of sp³-hybridized carbons (Fsp3) is 0.333. The van der Waals surface area contributed by atoms with E-state index in [0.717, 1.165) is 17.6 Å². The molecule has 1 rings (SSSR count). The molecule has 0 aromatic heterocycles. The van der Waals surface area contributed by atoms with Crippen molar-refractivity contribution in [1.82, 2.24) is 4.90 Å². The molecule has 0 atom stereocenters. The Morgan fingerprint density at radius 1 is 1.40 bits per heavy atom. The van der Waals surface area contributed by atoms with Crippen molar-refractivity contribution in [2.75, 3.05) is 19.5 Å². The van der Waals surface area contributed by atoms with E-state index in [4.69, 9.17) is 11.6 Å². The summed E-state index contributed by atoms with van der Waals surface area (Å²) in [7, 11) is 2.10. The van der Waals surface area contributed by atoms with Gasteiger partial charge in [0.15, 0.2) is 0 Å². The van der Waals surface area contributed by atoms with Crippen LogP contribution in [0.2, 0.25) is 0 Å². The Kier molecular flexibility index (Phi) is 5.99. The van der Waals surface area contributed by atoms with Crippen LogP contribution in [0.1, 0.15) is 5.56 Å². The molecular formula is C12H15BrClN. The molecular weight excluding hydrogens is 273 g/mol. The monoisotopic (exact) mass is 287 g/mol. The van der Waals surface area contributed by atoms with Gasteiger partial charge in [-0.25, -0.2) is 0 Å². The highest BCUT2D eigenvalue weighted by Gasteiger charge is 1.98. The smallest absolute Gasteiger partial charge is 0.0404 e. The van der Waals surface area contributed by atoms with E-state index in [-0.39, 0.29) is 0 Å². The zero-order valence-electron chi connectivity index (χ0n) is 8.79. The minimum absolute atomic E-state index is 0.588. The highest BCUT2D eigenvalue weighted by atomic mass is 79.9. The molecule has 0 saturated heterocycles. The summed E-state index contributed by atoms with van der Waals surface area (Å²) in [5, 5.41) is 0. The van der Waals surface area contributed by atoms with Crippen molar-refractivity contribution >= 4 is 27.5 Å². The van der Waals surface area contributed by atoms with Gasteiger partial charge >= 0.3 is 0 Å². The van der Waals surface area contributed by atoms with Gasteiger partial charge in [0, 0.05) is 23.4 Å². The summed E-state index contributed by atoms with van der Waals surface area (Å²) in [5.41, 5.74) is 1.31. The SMILES string of the molecule is CN(CC=CCCl)Cc1cccc(Br)c1. The van der Waals surface area contributed by atoms with Crippen LogP contribution in [0.15, 0.2) is 40.9 Å². The van der Waals surface area contributed by atoms with Crippen molar-refractivity contribution < 1.29 is 0 Å². The van der Waals surface area contributed by atoms with Crippen LogP contribution in [0.25, 0.3) is 0 Å². The number of hydrogen-bond acceptors (Lipinski definition) is 1. The second-order valence-electron chi connectivity index (χ2n) is 3.45. The molecule has 3 heteroatoms. The van der Waals surface area contributed by atoms with Gasteiger partial charge in [-0.05, 0) is 24.7 Å². The molecule has 0 heterocycles. The van der Waals surface area contributed by atoms with Crippen LogP contribution >= 0.6 is 27.5 Å². The Balaban J connectivity index is 2.44. The molecule has 15 heavy (non-hydrogen) atoms. The Morgan fingerprint density at radius 2 is 2.20 bits per heavy atom. The first-order valence-corrected chi connectivity index (χ1v) is 6.19. The summed E-state index contributed by atoms with van der Waals surface area (Å²) >= 11 is 9.02. The Labute approximate surface area is 105 Å². The maximum atomic E-state index is 5.55. The number of allylic oxidation sites excluding steroid dienone is 1. The zero-order valence-corrected chi connectivity index (χ0v) is 11.1. The highest BCUT2D eigenvalue weighted by Crippen LogP contribution is 2.12. The van der Waals surface area contributed by atoms with Gasteiger partial charge in [0.2, 0.25) is 0 Å². The Morgan fingerprint density at radius 3 is 2.87 bits per heavy atom. The van der Waals surface area contributed by atoms with E-state index in [0.29, 0.717) is 5.88 Å². The van der Waals surface area contributed by atoms with Gasteiger partial charge in [0.25, 0.3) is 0 Å². The summed E-state index contributed by atoms with van der Waals surface area (Å²) in [4.78, 5) is 2.24. The van der Waals surface area contributed by atoms with Crippen LogP contribution in [0.4, 0.5) is 0 Å². The third kappa shape index (κ3) is 5.36. The van der Waals surface area contributed by atoms with Crippen LogP contribution in [0.3, 0.4) is 0 Å². The topological polar surface area (TPSA) is 3.24 Å². The average molecular weight is 289 g/mol. The van der Waals surface area contributed by atoms with Crippen molar-refractivity contribution in [3.8, 4) is 0 Å². The number of alkyl halides is 1. The Hall–Kier alpha value is -0.310.